The van der Waals surface area contributed by atoms with Crippen LogP contribution in [0.15, 0.2) is 6.20 Å². The lowest BCUT2D eigenvalue weighted by Crippen LogP contribution is -2.37. The standard InChI is InChI=1S/C24H47N5O7/c1-23(2,18-34-10-7-26-21-30)19-36-24(3,4)20-35-17-22-16-29(28-27-22)8-11-32-13-15-33-14-12-31-9-6-25-5/h16,21,25H,6-15,17-20H2,1-5H3,(H,26,30). The number of rotatable bonds is 25. The van der Waals surface area contributed by atoms with Crippen LogP contribution in [0.3, 0.4) is 0 Å². The largest absolute Gasteiger partial charge is 0.379 e. The second-order valence-electron chi connectivity index (χ2n) is 9.74. The molecule has 0 atom stereocenters. The van der Waals surface area contributed by atoms with Crippen molar-refractivity contribution in [2.75, 3.05) is 86.2 Å². The van der Waals surface area contributed by atoms with E-state index in [0.717, 1.165) is 12.2 Å². The molecule has 0 saturated heterocycles. The van der Waals surface area contributed by atoms with Crippen LogP contribution in [0.5, 0.6) is 0 Å². The molecule has 0 saturated carbocycles. The number of nitrogens with one attached hydrogen (secondary N) is 2. The van der Waals surface area contributed by atoms with Gasteiger partial charge in [-0.3, -0.25) is 4.79 Å². The van der Waals surface area contributed by atoms with E-state index in [-0.39, 0.29) is 5.41 Å². The Hall–Kier alpha value is -1.67. The molecule has 12 nitrogen and oxygen atoms in total. The van der Waals surface area contributed by atoms with Gasteiger partial charge in [0, 0.05) is 18.5 Å². The lowest BCUT2D eigenvalue weighted by atomic mass is 9.96. The molecule has 0 unspecified atom stereocenters. The molecule has 1 aromatic heterocycles. The molecule has 36 heavy (non-hydrogen) atoms. The fourth-order valence-electron chi connectivity index (χ4n) is 2.80. The van der Waals surface area contributed by atoms with E-state index < -0.39 is 5.60 Å². The zero-order chi connectivity index (χ0) is 26.5. The van der Waals surface area contributed by atoms with Crippen LogP contribution in [-0.4, -0.2) is 113 Å². The minimum absolute atomic E-state index is 0.157. The van der Waals surface area contributed by atoms with Crippen molar-refractivity contribution in [3.8, 4) is 0 Å². The summed E-state index contributed by atoms with van der Waals surface area (Å²) < 4.78 is 35.7. The number of likely N-dealkylation sites (N-methyl/N-ethyl adjacent to an activating group) is 1. The van der Waals surface area contributed by atoms with E-state index in [1.54, 1.807) is 4.68 Å². The second-order valence-corrected chi connectivity index (χ2v) is 9.74. The molecule has 210 valence electrons. The summed E-state index contributed by atoms with van der Waals surface area (Å²) in [6.07, 6.45) is 2.52. The normalized spacial score (nSPS) is 12.2. The molecule has 0 bridgehead atoms. The van der Waals surface area contributed by atoms with Gasteiger partial charge in [0.15, 0.2) is 0 Å². The van der Waals surface area contributed by atoms with E-state index in [0.29, 0.717) is 92.2 Å². The van der Waals surface area contributed by atoms with Crippen LogP contribution >= 0.6 is 0 Å². The first-order valence-electron chi connectivity index (χ1n) is 12.5. The zero-order valence-corrected chi connectivity index (χ0v) is 22.8. The van der Waals surface area contributed by atoms with Crippen molar-refractivity contribution in [2.24, 2.45) is 5.41 Å². The van der Waals surface area contributed by atoms with Crippen LogP contribution in [0, 0.1) is 5.41 Å². The van der Waals surface area contributed by atoms with Gasteiger partial charge in [0.1, 0.15) is 5.69 Å². The first kappa shape index (κ1) is 32.4. The highest BCUT2D eigenvalue weighted by Crippen LogP contribution is 2.21. The minimum atomic E-state index is -0.457. The third-order valence-corrected chi connectivity index (χ3v) is 4.81. The molecule has 0 aromatic carbocycles. The Balaban J connectivity index is 2.11. The molecule has 0 aliphatic rings. The van der Waals surface area contributed by atoms with Crippen LogP contribution in [0.2, 0.25) is 0 Å². The van der Waals surface area contributed by atoms with Crippen LogP contribution < -0.4 is 10.6 Å². The van der Waals surface area contributed by atoms with Gasteiger partial charge in [-0.15, -0.1) is 5.10 Å². The number of amides is 1. The highest BCUT2D eigenvalue weighted by molar-refractivity contribution is 5.45. The fraction of sp³-hybridized carbons (Fsp3) is 0.875. The van der Waals surface area contributed by atoms with Crippen molar-refractivity contribution in [3.05, 3.63) is 11.9 Å². The summed E-state index contributed by atoms with van der Waals surface area (Å²) in [5, 5.41) is 13.9. The number of hydrogen-bond donors (Lipinski definition) is 2. The summed E-state index contributed by atoms with van der Waals surface area (Å²) in [5.74, 6) is 0. The van der Waals surface area contributed by atoms with E-state index >= 15 is 0 Å². The lowest BCUT2D eigenvalue weighted by molar-refractivity contribution is -0.113. The molecule has 0 aliphatic carbocycles. The maximum Gasteiger partial charge on any atom is 0.207 e. The number of aromatic nitrogens is 3. The third kappa shape index (κ3) is 17.7. The van der Waals surface area contributed by atoms with Crippen molar-refractivity contribution in [2.45, 2.75) is 46.4 Å². The SMILES string of the molecule is CNCCOCCOCCOCCn1cc(COCC(C)(C)OCC(C)(C)COCCNC=O)nn1. The van der Waals surface area contributed by atoms with Crippen molar-refractivity contribution < 1.29 is 33.2 Å². The summed E-state index contributed by atoms with van der Waals surface area (Å²) in [4.78, 5) is 10.3. The van der Waals surface area contributed by atoms with Crippen molar-refractivity contribution in [1.82, 2.24) is 25.6 Å². The van der Waals surface area contributed by atoms with E-state index in [1.807, 2.05) is 27.1 Å². The summed E-state index contributed by atoms with van der Waals surface area (Å²) in [6, 6.07) is 0. The average molecular weight is 518 g/mol. The maximum atomic E-state index is 10.3. The summed E-state index contributed by atoms with van der Waals surface area (Å²) in [6.45, 7) is 15.8. The molecule has 0 spiro atoms. The zero-order valence-electron chi connectivity index (χ0n) is 22.8. The molecule has 1 heterocycles. The van der Waals surface area contributed by atoms with Crippen LogP contribution in [-0.2, 0) is 46.4 Å². The Morgan fingerprint density at radius 3 is 2.22 bits per heavy atom. The van der Waals surface area contributed by atoms with Gasteiger partial charge in [0.2, 0.25) is 6.41 Å². The van der Waals surface area contributed by atoms with Gasteiger partial charge < -0.3 is 39.1 Å². The van der Waals surface area contributed by atoms with Gasteiger partial charge in [-0.1, -0.05) is 19.1 Å². The smallest absolute Gasteiger partial charge is 0.207 e. The van der Waals surface area contributed by atoms with E-state index in [4.69, 9.17) is 28.4 Å². The van der Waals surface area contributed by atoms with Crippen LogP contribution in [0.4, 0.5) is 0 Å². The topological polar surface area (TPSA) is 127 Å². The summed E-state index contributed by atoms with van der Waals surface area (Å²) in [7, 11) is 1.89. The Morgan fingerprint density at radius 2 is 1.53 bits per heavy atom. The van der Waals surface area contributed by atoms with E-state index in [2.05, 4.69) is 34.8 Å². The lowest BCUT2D eigenvalue weighted by Gasteiger charge is -2.31. The van der Waals surface area contributed by atoms with E-state index in [1.165, 1.54) is 0 Å². The second kappa shape index (κ2) is 19.4. The molecule has 12 heteroatoms. The molecule has 0 fully saturated rings. The number of ether oxygens (including phenoxy) is 6. The third-order valence-electron chi connectivity index (χ3n) is 4.81. The first-order chi connectivity index (χ1) is 17.3. The molecule has 1 rings (SSSR count). The Kier molecular flexibility index (Phi) is 17.5. The van der Waals surface area contributed by atoms with Crippen LogP contribution in [0.1, 0.15) is 33.4 Å². The summed E-state index contributed by atoms with van der Waals surface area (Å²) in [5.41, 5.74) is 0.141. The molecule has 1 aromatic rings. The Bertz CT molecular complexity index is 673. The number of carbonyl (C=O) groups is 1. The van der Waals surface area contributed by atoms with E-state index in [9.17, 15) is 4.79 Å². The maximum absolute atomic E-state index is 10.3. The van der Waals surface area contributed by atoms with Crippen molar-refractivity contribution >= 4 is 6.41 Å². The molecule has 0 radical (unpaired) electrons. The van der Waals surface area contributed by atoms with Gasteiger partial charge in [-0.05, 0) is 20.9 Å². The number of nitrogens with zero attached hydrogens (tertiary/aromatic N) is 3. The summed E-state index contributed by atoms with van der Waals surface area (Å²) >= 11 is 0. The fourth-order valence-corrected chi connectivity index (χ4v) is 2.80. The predicted molar refractivity (Wildman–Crippen MR) is 135 cm³/mol. The molecule has 1 amide bonds. The quantitative estimate of drug-likeness (QED) is 0.141. The van der Waals surface area contributed by atoms with Gasteiger partial charge in [0.25, 0.3) is 0 Å². The highest BCUT2D eigenvalue weighted by Gasteiger charge is 2.25. The van der Waals surface area contributed by atoms with Crippen molar-refractivity contribution in [3.63, 3.8) is 0 Å². The van der Waals surface area contributed by atoms with Crippen LogP contribution in [0.25, 0.3) is 0 Å². The monoisotopic (exact) mass is 517 g/mol. The number of hydrogen-bond acceptors (Lipinski definition) is 10. The minimum Gasteiger partial charge on any atom is -0.379 e. The highest BCUT2D eigenvalue weighted by atomic mass is 16.5. The van der Waals surface area contributed by atoms with Gasteiger partial charge in [-0.25, -0.2) is 4.68 Å². The molecular formula is C24H47N5O7. The number of carbonyl (C=O) groups excluding carboxylic acids is 1. The average Bonchev–Trinajstić information content (AvgIpc) is 3.29. The Morgan fingerprint density at radius 1 is 0.861 bits per heavy atom. The molecule has 2 N–H and O–H groups in total. The van der Waals surface area contributed by atoms with Gasteiger partial charge in [0.05, 0.1) is 91.0 Å². The van der Waals surface area contributed by atoms with Gasteiger partial charge in [-0.2, -0.15) is 0 Å². The van der Waals surface area contributed by atoms with Gasteiger partial charge >= 0.3 is 0 Å². The predicted octanol–water partition coefficient (Wildman–Crippen LogP) is 0.648. The molecule has 0 aliphatic heterocycles. The molecular weight excluding hydrogens is 470 g/mol. The Labute approximate surface area is 215 Å². The first-order valence-corrected chi connectivity index (χ1v) is 12.5. The van der Waals surface area contributed by atoms with Crippen molar-refractivity contribution in [1.29, 1.82) is 0 Å².